The van der Waals surface area contributed by atoms with Crippen LogP contribution in [0.15, 0.2) is 6.20 Å². The SMILES string of the molecule is CCNc1ncc(C)c(OC(C)C(C)C)n1. The van der Waals surface area contributed by atoms with Crippen LogP contribution in [-0.4, -0.2) is 22.6 Å². The number of aryl methyl sites for hydroxylation is 1. The zero-order valence-electron chi connectivity index (χ0n) is 10.7. The second-order valence-corrected chi connectivity index (χ2v) is 4.28. The van der Waals surface area contributed by atoms with Crippen molar-refractivity contribution in [3.8, 4) is 5.88 Å². The molecule has 0 radical (unpaired) electrons. The number of hydrogen-bond donors (Lipinski definition) is 1. The average molecular weight is 223 g/mol. The van der Waals surface area contributed by atoms with Gasteiger partial charge >= 0.3 is 0 Å². The van der Waals surface area contributed by atoms with E-state index < -0.39 is 0 Å². The van der Waals surface area contributed by atoms with Gasteiger partial charge in [0.2, 0.25) is 11.8 Å². The third-order valence-electron chi connectivity index (χ3n) is 2.50. The van der Waals surface area contributed by atoms with Gasteiger partial charge in [0.05, 0.1) is 6.10 Å². The van der Waals surface area contributed by atoms with Crippen LogP contribution in [0.25, 0.3) is 0 Å². The Morgan fingerprint density at radius 2 is 2.06 bits per heavy atom. The van der Waals surface area contributed by atoms with Gasteiger partial charge in [0.15, 0.2) is 0 Å². The highest BCUT2D eigenvalue weighted by Crippen LogP contribution is 2.18. The van der Waals surface area contributed by atoms with Crippen LogP contribution in [0.5, 0.6) is 5.88 Å². The van der Waals surface area contributed by atoms with Crippen LogP contribution in [0.4, 0.5) is 5.95 Å². The van der Waals surface area contributed by atoms with Crippen molar-refractivity contribution in [3.63, 3.8) is 0 Å². The molecule has 0 aromatic carbocycles. The summed E-state index contributed by atoms with van der Waals surface area (Å²) in [4.78, 5) is 8.52. The largest absolute Gasteiger partial charge is 0.474 e. The maximum absolute atomic E-state index is 5.80. The Labute approximate surface area is 97.5 Å². The molecular weight excluding hydrogens is 202 g/mol. The maximum Gasteiger partial charge on any atom is 0.225 e. The van der Waals surface area contributed by atoms with E-state index in [0.29, 0.717) is 17.7 Å². The van der Waals surface area contributed by atoms with Crippen LogP contribution in [0.3, 0.4) is 0 Å². The van der Waals surface area contributed by atoms with Crippen LogP contribution < -0.4 is 10.1 Å². The molecule has 1 heterocycles. The Morgan fingerprint density at radius 1 is 1.38 bits per heavy atom. The molecule has 0 fully saturated rings. The lowest BCUT2D eigenvalue weighted by atomic mass is 10.1. The third-order valence-corrected chi connectivity index (χ3v) is 2.50. The topological polar surface area (TPSA) is 47.0 Å². The van der Waals surface area contributed by atoms with Gasteiger partial charge in [0.25, 0.3) is 0 Å². The molecule has 0 saturated carbocycles. The van der Waals surface area contributed by atoms with Crippen LogP contribution in [0, 0.1) is 12.8 Å². The molecule has 1 atom stereocenters. The van der Waals surface area contributed by atoms with Gasteiger partial charge in [-0.25, -0.2) is 4.98 Å². The molecule has 1 rings (SSSR count). The van der Waals surface area contributed by atoms with Crippen molar-refractivity contribution < 1.29 is 4.74 Å². The predicted molar refractivity (Wildman–Crippen MR) is 65.9 cm³/mol. The van der Waals surface area contributed by atoms with Crippen molar-refractivity contribution in [2.75, 3.05) is 11.9 Å². The first-order valence-electron chi connectivity index (χ1n) is 5.78. The summed E-state index contributed by atoms with van der Waals surface area (Å²) in [7, 11) is 0. The van der Waals surface area contributed by atoms with E-state index in [0.717, 1.165) is 12.1 Å². The second kappa shape index (κ2) is 5.68. The van der Waals surface area contributed by atoms with E-state index in [2.05, 4.69) is 36.1 Å². The van der Waals surface area contributed by atoms with E-state index in [1.165, 1.54) is 0 Å². The molecule has 4 nitrogen and oxygen atoms in total. The van der Waals surface area contributed by atoms with Gasteiger partial charge in [0, 0.05) is 18.3 Å². The first-order chi connectivity index (χ1) is 7.54. The van der Waals surface area contributed by atoms with Crippen molar-refractivity contribution in [1.82, 2.24) is 9.97 Å². The fourth-order valence-corrected chi connectivity index (χ4v) is 1.10. The number of ether oxygens (including phenoxy) is 1. The predicted octanol–water partition coefficient (Wildman–Crippen LogP) is 2.64. The summed E-state index contributed by atoms with van der Waals surface area (Å²) in [6.45, 7) is 11.1. The molecule has 0 bridgehead atoms. The van der Waals surface area contributed by atoms with E-state index in [4.69, 9.17) is 4.74 Å². The highest BCUT2D eigenvalue weighted by Gasteiger charge is 2.12. The molecule has 0 aliphatic carbocycles. The lowest BCUT2D eigenvalue weighted by molar-refractivity contribution is 0.162. The van der Waals surface area contributed by atoms with Crippen molar-refractivity contribution >= 4 is 5.95 Å². The van der Waals surface area contributed by atoms with Gasteiger partial charge < -0.3 is 10.1 Å². The molecule has 0 amide bonds. The molecule has 1 N–H and O–H groups in total. The summed E-state index contributed by atoms with van der Waals surface area (Å²) in [5.74, 6) is 1.77. The third kappa shape index (κ3) is 3.36. The molecule has 0 spiro atoms. The number of aromatic nitrogens is 2. The molecule has 4 heteroatoms. The van der Waals surface area contributed by atoms with E-state index in [9.17, 15) is 0 Å². The van der Waals surface area contributed by atoms with Gasteiger partial charge in [-0.1, -0.05) is 13.8 Å². The molecule has 0 aliphatic rings. The molecule has 0 saturated heterocycles. The maximum atomic E-state index is 5.80. The van der Waals surface area contributed by atoms with E-state index in [-0.39, 0.29) is 6.10 Å². The fraction of sp³-hybridized carbons (Fsp3) is 0.667. The van der Waals surface area contributed by atoms with Crippen LogP contribution in [-0.2, 0) is 0 Å². The summed E-state index contributed by atoms with van der Waals surface area (Å²) in [6.07, 6.45) is 1.94. The summed E-state index contributed by atoms with van der Waals surface area (Å²) in [5.41, 5.74) is 0.967. The zero-order valence-corrected chi connectivity index (χ0v) is 10.7. The van der Waals surface area contributed by atoms with E-state index >= 15 is 0 Å². The van der Waals surface area contributed by atoms with Gasteiger partial charge in [-0.3, -0.25) is 0 Å². The summed E-state index contributed by atoms with van der Waals surface area (Å²) in [5, 5.41) is 3.08. The van der Waals surface area contributed by atoms with Crippen molar-refractivity contribution in [1.29, 1.82) is 0 Å². The highest BCUT2D eigenvalue weighted by atomic mass is 16.5. The van der Waals surface area contributed by atoms with Crippen molar-refractivity contribution in [2.24, 2.45) is 5.92 Å². The van der Waals surface area contributed by atoms with Crippen LogP contribution in [0.2, 0.25) is 0 Å². The van der Waals surface area contributed by atoms with Gasteiger partial charge in [-0.05, 0) is 26.7 Å². The summed E-state index contributed by atoms with van der Waals surface area (Å²) >= 11 is 0. The lowest BCUT2D eigenvalue weighted by Crippen LogP contribution is -2.20. The van der Waals surface area contributed by atoms with E-state index in [1.54, 1.807) is 6.20 Å². The van der Waals surface area contributed by atoms with Gasteiger partial charge in [-0.2, -0.15) is 4.98 Å². The smallest absolute Gasteiger partial charge is 0.225 e. The second-order valence-electron chi connectivity index (χ2n) is 4.28. The highest BCUT2D eigenvalue weighted by molar-refractivity contribution is 5.32. The molecule has 90 valence electrons. The molecule has 1 aromatic rings. The van der Waals surface area contributed by atoms with Crippen molar-refractivity contribution in [3.05, 3.63) is 11.8 Å². The Morgan fingerprint density at radius 3 is 2.62 bits per heavy atom. The number of anilines is 1. The average Bonchev–Trinajstić information content (AvgIpc) is 2.23. The monoisotopic (exact) mass is 223 g/mol. The van der Waals surface area contributed by atoms with Crippen molar-refractivity contribution in [2.45, 2.75) is 40.7 Å². The first-order valence-corrected chi connectivity index (χ1v) is 5.78. The number of hydrogen-bond acceptors (Lipinski definition) is 4. The summed E-state index contributed by atoms with van der Waals surface area (Å²) < 4.78 is 5.80. The molecular formula is C12H21N3O. The normalized spacial score (nSPS) is 12.6. The minimum absolute atomic E-state index is 0.156. The molecule has 0 aliphatic heterocycles. The zero-order chi connectivity index (χ0) is 12.1. The Hall–Kier alpha value is -1.32. The van der Waals surface area contributed by atoms with Gasteiger partial charge in [-0.15, -0.1) is 0 Å². The lowest BCUT2D eigenvalue weighted by Gasteiger charge is -2.18. The standard InChI is InChI=1S/C12H21N3O/c1-6-13-12-14-7-9(4)11(15-12)16-10(5)8(2)3/h7-8,10H,6H2,1-5H3,(H,13,14,15). The van der Waals surface area contributed by atoms with Crippen LogP contribution >= 0.6 is 0 Å². The Bertz CT molecular complexity index is 339. The molecule has 1 unspecified atom stereocenters. The molecule has 16 heavy (non-hydrogen) atoms. The van der Waals surface area contributed by atoms with Crippen LogP contribution in [0.1, 0.15) is 33.3 Å². The number of rotatable bonds is 5. The van der Waals surface area contributed by atoms with E-state index in [1.807, 2.05) is 13.8 Å². The number of nitrogens with zero attached hydrogens (tertiary/aromatic N) is 2. The minimum Gasteiger partial charge on any atom is -0.474 e. The quantitative estimate of drug-likeness (QED) is 0.833. The number of nitrogens with one attached hydrogen (secondary N) is 1. The fourth-order valence-electron chi connectivity index (χ4n) is 1.10. The Balaban J connectivity index is 2.81. The molecule has 1 aromatic heterocycles. The summed E-state index contributed by atoms with van der Waals surface area (Å²) in [6, 6.07) is 0. The Kier molecular flexibility index (Phi) is 4.52. The first kappa shape index (κ1) is 12.7. The van der Waals surface area contributed by atoms with Gasteiger partial charge in [0.1, 0.15) is 0 Å². The minimum atomic E-state index is 0.156.